The maximum atomic E-state index is 13.2. The van der Waals surface area contributed by atoms with Gasteiger partial charge >= 0.3 is 0 Å². The molecule has 5 rings (SSSR count). The number of aliphatic hydroxyl groups excluding tert-OH is 1. The third-order valence-corrected chi connectivity index (χ3v) is 5.92. The van der Waals surface area contributed by atoms with Gasteiger partial charge in [-0.1, -0.05) is 41.9 Å². The summed E-state index contributed by atoms with van der Waals surface area (Å²) in [4.78, 5) is 34.8. The number of benzene rings is 2. The lowest BCUT2D eigenvalue weighted by atomic mass is 9.95. The van der Waals surface area contributed by atoms with Crippen molar-refractivity contribution in [1.29, 1.82) is 0 Å². The first-order valence-electron chi connectivity index (χ1n) is 10.0. The largest absolute Gasteiger partial charge is 0.507 e. The van der Waals surface area contributed by atoms with Gasteiger partial charge in [-0.3, -0.25) is 14.6 Å². The van der Waals surface area contributed by atoms with Gasteiger partial charge in [-0.05, 0) is 41.5 Å². The highest BCUT2D eigenvalue weighted by Crippen LogP contribution is 2.41. The van der Waals surface area contributed by atoms with Crippen molar-refractivity contribution in [2.24, 2.45) is 0 Å². The van der Waals surface area contributed by atoms with Crippen LogP contribution in [0.25, 0.3) is 16.7 Å². The molecule has 0 saturated carbocycles. The minimum Gasteiger partial charge on any atom is -0.507 e. The number of carbonyl (C=O) groups is 2. The zero-order valence-electron chi connectivity index (χ0n) is 16.8. The van der Waals surface area contributed by atoms with E-state index in [0.29, 0.717) is 16.1 Å². The van der Waals surface area contributed by atoms with Crippen molar-refractivity contribution in [2.45, 2.75) is 12.6 Å². The zero-order valence-corrected chi connectivity index (χ0v) is 17.6. The highest BCUT2D eigenvalue weighted by Gasteiger charge is 2.46. The topological polar surface area (TPSA) is 86.3 Å². The second kappa shape index (κ2) is 7.98. The summed E-state index contributed by atoms with van der Waals surface area (Å²) in [6.07, 6.45) is 4.92. The Labute approximate surface area is 188 Å². The van der Waals surface area contributed by atoms with E-state index in [0.717, 1.165) is 16.5 Å². The van der Waals surface area contributed by atoms with Crippen LogP contribution in [0.3, 0.4) is 0 Å². The maximum Gasteiger partial charge on any atom is 0.295 e. The van der Waals surface area contributed by atoms with Gasteiger partial charge < -0.3 is 15.0 Å². The van der Waals surface area contributed by atoms with Gasteiger partial charge in [-0.25, -0.2) is 0 Å². The summed E-state index contributed by atoms with van der Waals surface area (Å²) in [5, 5.41) is 12.6. The van der Waals surface area contributed by atoms with Crippen LogP contribution >= 0.6 is 11.6 Å². The Kier molecular flexibility index (Phi) is 4.99. The van der Waals surface area contributed by atoms with E-state index in [-0.39, 0.29) is 17.9 Å². The van der Waals surface area contributed by atoms with Crippen LogP contribution in [0.4, 0.5) is 0 Å². The maximum absolute atomic E-state index is 13.2. The number of nitrogens with one attached hydrogen (secondary N) is 1. The molecule has 4 aromatic rings. The Hall–Kier alpha value is -3.90. The number of amides is 1. The molecule has 1 aliphatic heterocycles. The quantitative estimate of drug-likeness (QED) is 0.268. The second-order valence-corrected chi connectivity index (χ2v) is 8.02. The van der Waals surface area contributed by atoms with Crippen molar-refractivity contribution in [3.05, 3.63) is 107 Å². The van der Waals surface area contributed by atoms with Crippen molar-refractivity contribution < 1.29 is 14.7 Å². The Morgan fingerprint density at radius 1 is 1.03 bits per heavy atom. The van der Waals surface area contributed by atoms with Crippen molar-refractivity contribution in [1.82, 2.24) is 14.9 Å². The van der Waals surface area contributed by atoms with Crippen LogP contribution in [0.5, 0.6) is 0 Å². The molecule has 6 nitrogen and oxygen atoms in total. The van der Waals surface area contributed by atoms with Crippen LogP contribution < -0.4 is 0 Å². The number of pyridine rings is 1. The Morgan fingerprint density at radius 3 is 2.50 bits per heavy atom. The smallest absolute Gasteiger partial charge is 0.295 e. The highest BCUT2D eigenvalue weighted by molar-refractivity contribution is 6.46. The number of halogens is 1. The monoisotopic (exact) mass is 443 g/mol. The molecule has 1 fully saturated rings. The van der Waals surface area contributed by atoms with Crippen LogP contribution in [-0.4, -0.2) is 31.7 Å². The normalized spacial score (nSPS) is 17.9. The van der Waals surface area contributed by atoms with E-state index in [9.17, 15) is 14.7 Å². The SMILES string of the molecule is O=C1C(=O)N(Cc2ccncc2)C(c2ccc(Cl)cc2)/C1=C(/O)c1c[nH]c2ccccc12. The molecule has 1 saturated heterocycles. The summed E-state index contributed by atoms with van der Waals surface area (Å²) >= 11 is 6.07. The fourth-order valence-corrected chi connectivity index (χ4v) is 4.26. The van der Waals surface area contributed by atoms with Crippen LogP contribution in [0.15, 0.2) is 84.8 Å². The van der Waals surface area contributed by atoms with Gasteiger partial charge in [0, 0.05) is 46.6 Å². The second-order valence-electron chi connectivity index (χ2n) is 7.58. The van der Waals surface area contributed by atoms with Gasteiger partial charge in [0.25, 0.3) is 11.7 Å². The summed E-state index contributed by atoms with van der Waals surface area (Å²) in [5.74, 6) is -1.59. The molecule has 3 heterocycles. The Balaban J connectivity index is 1.69. The zero-order chi connectivity index (χ0) is 22.2. The number of nitrogens with zero attached hydrogens (tertiary/aromatic N) is 2. The number of hydrogen-bond acceptors (Lipinski definition) is 4. The molecule has 1 aliphatic rings. The molecule has 0 bridgehead atoms. The summed E-state index contributed by atoms with van der Waals surface area (Å²) in [6, 6.07) is 17.2. The number of para-hydroxylation sites is 1. The van der Waals surface area contributed by atoms with E-state index in [4.69, 9.17) is 11.6 Å². The number of likely N-dealkylation sites (tertiary alicyclic amines) is 1. The summed E-state index contributed by atoms with van der Waals surface area (Å²) < 4.78 is 0. The van der Waals surface area contributed by atoms with Crippen molar-refractivity contribution >= 4 is 40.0 Å². The average Bonchev–Trinajstić information content (AvgIpc) is 3.35. The first kappa shape index (κ1) is 20.0. The molecule has 0 radical (unpaired) electrons. The van der Waals surface area contributed by atoms with Gasteiger partial charge in [0.05, 0.1) is 11.6 Å². The third-order valence-electron chi connectivity index (χ3n) is 5.67. The number of fused-ring (bicyclic) bond motifs is 1. The number of carbonyl (C=O) groups excluding carboxylic acids is 2. The lowest BCUT2D eigenvalue weighted by Crippen LogP contribution is -2.29. The lowest BCUT2D eigenvalue weighted by molar-refractivity contribution is -0.140. The van der Waals surface area contributed by atoms with E-state index >= 15 is 0 Å². The number of rotatable bonds is 4. The Bertz CT molecular complexity index is 1360. The molecule has 2 N–H and O–H groups in total. The average molecular weight is 444 g/mol. The molecule has 2 aromatic carbocycles. The molecule has 158 valence electrons. The fourth-order valence-electron chi connectivity index (χ4n) is 4.13. The van der Waals surface area contributed by atoms with E-state index < -0.39 is 17.7 Å². The van der Waals surface area contributed by atoms with Crippen LogP contribution in [0.2, 0.25) is 5.02 Å². The van der Waals surface area contributed by atoms with Crippen LogP contribution in [0, 0.1) is 0 Å². The van der Waals surface area contributed by atoms with Gasteiger partial charge in [0.15, 0.2) is 0 Å². The predicted octanol–water partition coefficient (Wildman–Crippen LogP) is 4.84. The van der Waals surface area contributed by atoms with E-state index in [1.807, 2.05) is 24.3 Å². The molecule has 1 amide bonds. The molecule has 1 atom stereocenters. The van der Waals surface area contributed by atoms with Crippen molar-refractivity contribution in [3.63, 3.8) is 0 Å². The molecule has 7 heteroatoms. The molecule has 0 spiro atoms. The lowest BCUT2D eigenvalue weighted by Gasteiger charge is -2.25. The minimum atomic E-state index is -0.755. The number of hydrogen-bond donors (Lipinski definition) is 2. The number of H-pyrrole nitrogens is 1. The van der Waals surface area contributed by atoms with E-state index in [2.05, 4.69) is 9.97 Å². The molecular weight excluding hydrogens is 426 g/mol. The predicted molar refractivity (Wildman–Crippen MR) is 122 cm³/mol. The molecule has 1 unspecified atom stereocenters. The first-order valence-corrected chi connectivity index (χ1v) is 10.4. The van der Waals surface area contributed by atoms with Crippen LogP contribution in [-0.2, 0) is 16.1 Å². The summed E-state index contributed by atoms with van der Waals surface area (Å²) in [7, 11) is 0. The van der Waals surface area contributed by atoms with Gasteiger partial charge in [-0.2, -0.15) is 0 Å². The standard InChI is InChI=1S/C25H18ClN3O3/c26-17-7-5-16(6-8-17)22-21(23(30)19-13-28-20-4-2-1-3-18(19)20)24(31)25(32)29(22)14-15-9-11-27-12-10-15/h1-13,22,28,30H,14H2/b23-21-. The van der Waals surface area contributed by atoms with Crippen LogP contribution in [0.1, 0.15) is 22.7 Å². The number of aromatic amines is 1. The summed E-state index contributed by atoms with van der Waals surface area (Å²) in [6.45, 7) is 0.199. The highest BCUT2D eigenvalue weighted by atomic mass is 35.5. The van der Waals surface area contributed by atoms with Gasteiger partial charge in [0.1, 0.15) is 5.76 Å². The number of Topliss-reactive ketones (excluding diaryl/α,β-unsaturated/α-hetero) is 1. The fraction of sp³-hybridized carbons (Fsp3) is 0.0800. The third kappa shape index (κ3) is 3.35. The van der Waals surface area contributed by atoms with Crippen molar-refractivity contribution in [2.75, 3.05) is 0 Å². The molecule has 32 heavy (non-hydrogen) atoms. The minimum absolute atomic E-state index is 0.0520. The number of aromatic nitrogens is 2. The van der Waals surface area contributed by atoms with Gasteiger partial charge in [-0.15, -0.1) is 0 Å². The molecule has 0 aliphatic carbocycles. The molecular formula is C25H18ClN3O3. The van der Waals surface area contributed by atoms with E-state index in [1.54, 1.807) is 55.0 Å². The number of aliphatic hydroxyl groups is 1. The summed E-state index contributed by atoms with van der Waals surface area (Å²) in [5.41, 5.74) is 2.86. The van der Waals surface area contributed by atoms with Gasteiger partial charge in [0.2, 0.25) is 0 Å². The van der Waals surface area contributed by atoms with E-state index in [1.165, 1.54) is 4.90 Å². The number of ketones is 1. The Morgan fingerprint density at radius 2 is 1.75 bits per heavy atom. The first-order chi connectivity index (χ1) is 15.5. The molecule has 2 aromatic heterocycles. The van der Waals surface area contributed by atoms with Crippen molar-refractivity contribution in [3.8, 4) is 0 Å².